The van der Waals surface area contributed by atoms with Gasteiger partial charge in [0.05, 0.1) is 11.5 Å². The van der Waals surface area contributed by atoms with Crippen molar-refractivity contribution >= 4 is 28.9 Å². The van der Waals surface area contributed by atoms with Crippen molar-refractivity contribution in [1.29, 1.82) is 0 Å². The molecule has 0 bridgehead atoms. The van der Waals surface area contributed by atoms with Crippen LogP contribution in [0.2, 0.25) is 0 Å². The highest BCUT2D eigenvalue weighted by atomic mass is 19.4. The lowest BCUT2D eigenvalue weighted by molar-refractivity contribution is -0.176. The Bertz CT molecular complexity index is 1330. The Kier molecular flexibility index (Phi) is 6.99. The lowest BCUT2D eigenvalue weighted by atomic mass is 9.59. The molecular weight excluding hydrogens is 521 g/mol. The van der Waals surface area contributed by atoms with E-state index in [4.69, 9.17) is 5.73 Å². The fourth-order valence-electron chi connectivity index (χ4n) is 6.24. The van der Waals surface area contributed by atoms with Crippen molar-refractivity contribution in [2.75, 3.05) is 19.0 Å². The average Bonchev–Trinajstić information content (AvgIpc) is 2.81. The lowest BCUT2D eigenvalue weighted by Crippen LogP contribution is -2.58. The van der Waals surface area contributed by atoms with Crippen LogP contribution in [-0.2, 0) is 27.2 Å². The number of alkyl halides is 3. The number of hydrogen-bond acceptors (Lipinski definition) is 8. The highest BCUT2D eigenvalue weighted by Gasteiger charge is 2.60. The summed E-state index contributed by atoms with van der Waals surface area (Å²) in [6.45, 7) is 1.42. The van der Waals surface area contributed by atoms with Gasteiger partial charge in [0.25, 0.3) is 5.91 Å². The van der Waals surface area contributed by atoms with Gasteiger partial charge >= 0.3 is 6.18 Å². The minimum Gasteiger partial charge on any atom is -0.508 e. The number of aliphatic hydroxyl groups is 3. The van der Waals surface area contributed by atoms with Crippen LogP contribution in [0, 0.1) is 17.8 Å². The van der Waals surface area contributed by atoms with Gasteiger partial charge in [0.2, 0.25) is 5.78 Å². The van der Waals surface area contributed by atoms with E-state index in [1.54, 1.807) is 25.1 Å². The molecule has 1 aromatic rings. The normalized spacial score (nSPS) is 25.7. The van der Waals surface area contributed by atoms with E-state index in [0.29, 0.717) is 11.3 Å². The number of phenolic OH excluding ortho intramolecular Hbond substituents is 1. The van der Waals surface area contributed by atoms with Crippen molar-refractivity contribution in [3.8, 4) is 5.75 Å². The summed E-state index contributed by atoms with van der Waals surface area (Å²) in [6.07, 6.45) is -5.35. The van der Waals surface area contributed by atoms with Gasteiger partial charge in [-0.25, -0.2) is 0 Å². The number of fused-ring (bicyclic) bond motifs is 3. The molecule has 9 nitrogen and oxygen atoms in total. The first-order valence-electron chi connectivity index (χ1n) is 12.6. The van der Waals surface area contributed by atoms with E-state index in [-0.39, 0.29) is 48.8 Å². The van der Waals surface area contributed by atoms with E-state index in [2.05, 4.69) is 0 Å². The molecule has 0 radical (unpaired) electrons. The zero-order valence-electron chi connectivity index (χ0n) is 21.7. The van der Waals surface area contributed by atoms with E-state index in [1.807, 2.05) is 0 Å². The molecule has 3 aliphatic carbocycles. The number of phenols is 1. The number of aromatic hydroxyl groups is 1. The minimum absolute atomic E-state index is 0.0118. The van der Waals surface area contributed by atoms with Crippen molar-refractivity contribution in [1.82, 2.24) is 0 Å². The van der Waals surface area contributed by atoms with Crippen LogP contribution in [0.4, 0.5) is 18.9 Å². The van der Waals surface area contributed by atoms with Crippen LogP contribution in [0.1, 0.15) is 49.3 Å². The van der Waals surface area contributed by atoms with Gasteiger partial charge in [0.15, 0.2) is 11.4 Å². The Morgan fingerprint density at radius 2 is 1.85 bits per heavy atom. The molecule has 4 atom stereocenters. The summed E-state index contributed by atoms with van der Waals surface area (Å²) in [5.74, 6) is -8.96. The number of Topliss-reactive ketones (excluding diaryl/α,β-unsaturated/α-hetero) is 2. The molecule has 12 heteroatoms. The van der Waals surface area contributed by atoms with E-state index >= 15 is 0 Å². The molecule has 0 spiro atoms. The number of rotatable bonds is 6. The molecule has 0 saturated heterocycles. The first-order valence-corrected chi connectivity index (χ1v) is 12.6. The number of carbonyl (C=O) groups excluding carboxylic acids is 3. The van der Waals surface area contributed by atoms with Crippen LogP contribution >= 0.6 is 0 Å². The van der Waals surface area contributed by atoms with Gasteiger partial charge in [-0.3, -0.25) is 14.4 Å². The largest absolute Gasteiger partial charge is 0.508 e. The highest BCUT2D eigenvalue weighted by Crippen LogP contribution is 2.53. The summed E-state index contributed by atoms with van der Waals surface area (Å²) in [7, 11) is 3.38. The molecule has 0 heterocycles. The second-order valence-electron chi connectivity index (χ2n) is 10.7. The number of nitrogens with zero attached hydrogens (tertiary/aromatic N) is 1. The standard InChI is InChI=1S/C27H31F3N2O7/c1-4-13(27(28,29)30)6-5-11-9-16(32(2)3)15-8-12-7-14-10-17(33)20(25(31)38)24(37)26(14,39)23(36)18(12)22(35)19(15)21(11)34/h9,12-14,34-35,37,39H,4-8,10H2,1-3H3,(H2,31,38)/t12-,13?,14+,26+/m1/s1. The third kappa shape index (κ3) is 4.34. The number of ketones is 2. The van der Waals surface area contributed by atoms with Gasteiger partial charge in [-0.1, -0.05) is 6.92 Å². The number of benzene rings is 1. The molecule has 1 amide bonds. The summed E-state index contributed by atoms with van der Waals surface area (Å²) >= 11 is 0. The summed E-state index contributed by atoms with van der Waals surface area (Å²) < 4.78 is 40.0. The Morgan fingerprint density at radius 1 is 1.21 bits per heavy atom. The van der Waals surface area contributed by atoms with Crippen LogP contribution in [0.3, 0.4) is 0 Å². The zero-order chi connectivity index (χ0) is 29.2. The third-order valence-corrected chi connectivity index (χ3v) is 8.32. The Balaban J connectivity index is 1.86. The smallest absolute Gasteiger partial charge is 0.391 e. The molecule has 6 N–H and O–H groups in total. The molecule has 0 aromatic heterocycles. The monoisotopic (exact) mass is 552 g/mol. The van der Waals surface area contributed by atoms with Crippen molar-refractivity contribution in [3.05, 3.63) is 39.7 Å². The number of aliphatic hydroxyl groups excluding tert-OH is 2. The maximum Gasteiger partial charge on any atom is 0.391 e. The van der Waals surface area contributed by atoms with Crippen molar-refractivity contribution in [2.24, 2.45) is 23.5 Å². The van der Waals surface area contributed by atoms with E-state index in [9.17, 15) is 48.0 Å². The Hall–Kier alpha value is -3.54. The number of primary amides is 1. The van der Waals surface area contributed by atoms with Gasteiger partial charge in [-0.15, -0.1) is 0 Å². The zero-order valence-corrected chi connectivity index (χ0v) is 21.7. The number of aryl methyl sites for hydroxylation is 1. The number of carbonyl (C=O) groups is 3. The fraction of sp³-hybridized carbons (Fsp3) is 0.519. The van der Waals surface area contributed by atoms with Crippen molar-refractivity contribution in [2.45, 2.75) is 57.2 Å². The molecule has 1 aromatic carbocycles. The predicted molar refractivity (Wildman–Crippen MR) is 134 cm³/mol. The van der Waals surface area contributed by atoms with Gasteiger partial charge in [0, 0.05) is 37.7 Å². The SMILES string of the molecule is CCC(CCc1cc(N(C)C)c2c(c1O)C(O)=C1C(=O)[C@]3(O)C(O)=C(C(N)=O)C(=O)C[C@@H]3C[C@@H]1C2)C(F)(F)F. The summed E-state index contributed by atoms with van der Waals surface area (Å²) in [5.41, 5.74) is 2.31. The second kappa shape index (κ2) is 9.58. The summed E-state index contributed by atoms with van der Waals surface area (Å²) in [5, 5.41) is 44.5. The summed E-state index contributed by atoms with van der Waals surface area (Å²) in [6, 6.07) is 1.56. The predicted octanol–water partition coefficient (Wildman–Crippen LogP) is 3.01. The topological polar surface area (TPSA) is 161 Å². The maximum atomic E-state index is 13.7. The van der Waals surface area contributed by atoms with Gasteiger partial charge in [-0.2, -0.15) is 13.2 Å². The summed E-state index contributed by atoms with van der Waals surface area (Å²) in [4.78, 5) is 39.6. The Morgan fingerprint density at radius 3 is 2.38 bits per heavy atom. The fourth-order valence-corrected chi connectivity index (χ4v) is 6.24. The van der Waals surface area contributed by atoms with Crippen LogP contribution in [0.5, 0.6) is 5.75 Å². The molecule has 3 aliphatic rings. The van der Waals surface area contributed by atoms with Gasteiger partial charge < -0.3 is 31.1 Å². The molecular formula is C27H31F3N2O7. The van der Waals surface area contributed by atoms with E-state index in [0.717, 1.165) is 0 Å². The minimum atomic E-state index is -4.42. The molecule has 1 fully saturated rings. The van der Waals surface area contributed by atoms with Gasteiger partial charge in [-0.05, 0) is 55.2 Å². The molecule has 212 valence electrons. The average molecular weight is 553 g/mol. The molecule has 39 heavy (non-hydrogen) atoms. The quantitative estimate of drug-likeness (QED) is 0.337. The van der Waals surface area contributed by atoms with Crippen LogP contribution in [0.25, 0.3) is 5.76 Å². The Labute approximate surface area is 222 Å². The number of nitrogens with two attached hydrogens (primary N) is 1. The highest BCUT2D eigenvalue weighted by molar-refractivity contribution is 6.22. The lowest BCUT2D eigenvalue weighted by Gasteiger charge is -2.46. The second-order valence-corrected chi connectivity index (χ2v) is 10.7. The molecule has 0 aliphatic heterocycles. The molecule has 4 rings (SSSR count). The van der Waals surface area contributed by atoms with Gasteiger partial charge in [0.1, 0.15) is 22.8 Å². The number of hydrogen-bond donors (Lipinski definition) is 5. The van der Waals surface area contributed by atoms with Crippen LogP contribution in [0.15, 0.2) is 23.0 Å². The number of halogens is 3. The van der Waals surface area contributed by atoms with Crippen LogP contribution < -0.4 is 10.6 Å². The van der Waals surface area contributed by atoms with Crippen LogP contribution in [-0.4, -0.2) is 63.8 Å². The molecule has 1 unspecified atom stereocenters. The number of amides is 1. The molecule has 1 saturated carbocycles. The van der Waals surface area contributed by atoms with E-state index in [1.165, 1.54) is 6.92 Å². The van der Waals surface area contributed by atoms with E-state index < -0.39 is 76.3 Å². The third-order valence-electron chi connectivity index (χ3n) is 8.32. The first-order chi connectivity index (χ1) is 18.0. The maximum absolute atomic E-state index is 13.7. The van der Waals surface area contributed by atoms with Crippen molar-refractivity contribution in [3.63, 3.8) is 0 Å². The van der Waals surface area contributed by atoms with Crippen molar-refractivity contribution < 1.29 is 48.0 Å². The number of anilines is 1. The first kappa shape index (κ1) is 28.5.